The molecule has 0 atom stereocenters. The molecule has 1 aliphatic rings. The van der Waals surface area contributed by atoms with Crippen molar-refractivity contribution < 1.29 is 28.9 Å². The van der Waals surface area contributed by atoms with Gasteiger partial charge in [-0.05, 0) is 100 Å². The zero-order valence-electron chi connectivity index (χ0n) is 19.3. The topological polar surface area (TPSA) is 106 Å². The van der Waals surface area contributed by atoms with Gasteiger partial charge in [-0.15, -0.1) is 0 Å². The van der Waals surface area contributed by atoms with E-state index in [0.29, 0.717) is 27.3 Å². The third-order valence-electron chi connectivity index (χ3n) is 5.06. The molecule has 8 nitrogen and oxygen atoms in total. The first-order valence-corrected chi connectivity index (χ1v) is 12.5. The predicted molar refractivity (Wildman–Crippen MR) is 147 cm³/mol. The number of amides is 1. The number of aliphatic imine (C=N–C) groups is 1. The lowest BCUT2D eigenvalue weighted by molar-refractivity contribution is -0.115. The van der Waals surface area contributed by atoms with Crippen LogP contribution in [0.15, 0.2) is 70.6 Å². The van der Waals surface area contributed by atoms with Crippen LogP contribution in [0.2, 0.25) is 0 Å². The first-order chi connectivity index (χ1) is 17.4. The second-order valence-corrected chi connectivity index (χ2v) is 9.70. The van der Waals surface area contributed by atoms with Crippen LogP contribution in [0.25, 0.3) is 6.08 Å². The fourth-order valence-electron chi connectivity index (χ4n) is 3.32. The molecular formula is C26H21IN2O6S. The Morgan fingerprint density at radius 3 is 2.58 bits per heavy atom. The smallest absolute Gasteiger partial charge is 0.335 e. The van der Waals surface area contributed by atoms with Gasteiger partial charge < -0.3 is 24.6 Å². The van der Waals surface area contributed by atoms with Crippen molar-refractivity contribution in [2.24, 2.45) is 4.99 Å². The normalized spacial score (nSPS) is 15.1. The van der Waals surface area contributed by atoms with Gasteiger partial charge in [-0.3, -0.25) is 4.79 Å². The number of carbonyl (C=O) groups is 2. The lowest BCUT2D eigenvalue weighted by Gasteiger charge is -2.14. The van der Waals surface area contributed by atoms with Gasteiger partial charge in [-0.1, -0.05) is 12.1 Å². The summed E-state index contributed by atoms with van der Waals surface area (Å²) in [6.45, 7) is 0.178. The Morgan fingerprint density at radius 2 is 1.89 bits per heavy atom. The van der Waals surface area contributed by atoms with Crippen LogP contribution in [0.3, 0.4) is 0 Å². The number of amidine groups is 1. The Bertz CT molecular complexity index is 1370. The number of carboxylic acid groups (broad SMARTS) is 1. The number of ether oxygens (including phenoxy) is 3. The van der Waals surface area contributed by atoms with E-state index in [1.807, 2.05) is 18.2 Å². The van der Waals surface area contributed by atoms with Crippen molar-refractivity contribution in [1.82, 2.24) is 5.32 Å². The molecule has 4 rings (SSSR count). The molecule has 10 heteroatoms. The summed E-state index contributed by atoms with van der Waals surface area (Å²) in [5.41, 5.74) is 2.38. The molecule has 0 spiro atoms. The molecule has 1 aliphatic heterocycles. The zero-order valence-corrected chi connectivity index (χ0v) is 22.3. The molecule has 0 aromatic heterocycles. The van der Waals surface area contributed by atoms with Crippen LogP contribution in [0, 0.1) is 3.57 Å². The largest absolute Gasteiger partial charge is 0.497 e. The van der Waals surface area contributed by atoms with Crippen LogP contribution >= 0.6 is 34.4 Å². The number of rotatable bonds is 8. The van der Waals surface area contributed by atoms with Crippen molar-refractivity contribution in [2.75, 3.05) is 14.2 Å². The second kappa shape index (κ2) is 11.5. The number of carboxylic acids is 1. The van der Waals surface area contributed by atoms with Crippen LogP contribution in [0.1, 0.15) is 21.5 Å². The van der Waals surface area contributed by atoms with Crippen molar-refractivity contribution in [3.8, 4) is 17.2 Å². The lowest BCUT2D eigenvalue weighted by Crippen LogP contribution is -2.19. The SMILES string of the molecule is COc1ccc(N=C2NC(=O)/C(=C\c3cc(I)c(OCc4cccc(C(=O)O)c4)c(OC)c3)S2)cc1. The van der Waals surface area contributed by atoms with Crippen LogP contribution in [0.5, 0.6) is 17.2 Å². The zero-order chi connectivity index (χ0) is 25.7. The molecular weight excluding hydrogens is 595 g/mol. The van der Waals surface area contributed by atoms with E-state index < -0.39 is 5.97 Å². The second-order valence-electron chi connectivity index (χ2n) is 7.51. The third-order valence-corrected chi connectivity index (χ3v) is 6.77. The van der Waals surface area contributed by atoms with Crippen molar-refractivity contribution in [3.63, 3.8) is 0 Å². The molecule has 1 amide bonds. The molecule has 0 unspecified atom stereocenters. The number of benzene rings is 3. The quantitative estimate of drug-likeness (QED) is 0.255. The van der Waals surface area contributed by atoms with E-state index in [2.05, 4.69) is 32.9 Å². The molecule has 36 heavy (non-hydrogen) atoms. The fourth-order valence-corrected chi connectivity index (χ4v) is 4.94. The summed E-state index contributed by atoms with van der Waals surface area (Å²) in [7, 11) is 3.14. The number of halogens is 1. The van der Waals surface area contributed by atoms with E-state index in [-0.39, 0.29) is 18.1 Å². The summed E-state index contributed by atoms with van der Waals surface area (Å²) < 4.78 is 17.4. The van der Waals surface area contributed by atoms with E-state index in [0.717, 1.165) is 20.4 Å². The maximum Gasteiger partial charge on any atom is 0.335 e. The van der Waals surface area contributed by atoms with E-state index in [1.165, 1.54) is 24.9 Å². The average Bonchev–Trinajstić information content (AvgIpc) is 3.21. The number of aromatic carboxylic acids is 1. The predicted octanol–water partition coefficient (Wildman–Crippen LogP) is 5.48. The first-order valence-electron chi connectivity index (χ1n) is 10.6. The van der Waals surface area contributed by atoms with Crippen LogP contribution in [-0.4, -0.2) is 36.4 Å². The fraction of sp³-hybridized carbons (Fsp3) is 0.115. The number of methoxy groups -OCH3 is 2. The summed E-state index contributed by atoms with van der Waals surface area (Å²) in [6, 6.07) is 17.5. The monoisotopic (exact) mass is 616 g/mol. The summed E-state index contributed by atoms with van der Waals surface area (Å²) >= 11 is 3.39. The molecule has 0 bridgehead atoms. The highest BCUT2D eigenvalue weighted by Gasteiger charge is 2.24. The van der Waals surface area contributed by atoms with E-state index >= 15 is 0 Å². The van der Waals surface area contributed by atoms with Crippen LogP contribution in [-0.2, 0) is 11.4 Å². The molecule has 1 heterocycles. The highest BCUT2D eigenvalue weighted by Crippen LogP contribution is 2.36. The van der Waals surface area contributed by atoms with E-state index in [1.54, 1.807) is 49.6 Å². The van der Waals surface area contributed by atoms with Gasteiger partial charge in [0.15, 0.2) is 16.7 Å². The molecule has 184 valence electrons. The van der Waals surface area contributed by atoms with Gasteiger partial charge in [0.25, 0.3) is 5.91 Å². The molecule has 2 N–H and O–H groups in total. The molecule has 0 aliphatic carbocycles. The summed E-state index contributed by atoms with van der Waals surface area (Å²) in [4.78, 5) is 28.7. The van der Waals surface area contributed by atoms with Gasteiger partial charge in [-0.25, -0.2) is 9.79 Å². The van der Waals surface area contributed by atoms with Crippen LogP contribution in [0.4, 0.5) is 5.69 Å². The van der Waals surface area contributed by atoms with Crippen LogP contribution < -0.4 is 19.5 Å². The Kier molecular flexibility index (Phi) is 8.16. The number of nitrogens with zero attached hydrogens (tertiary/aromatic N) is 1. The Balaban J connectivity index is 1.51. The van der Waals surface area contributed by atoms with Gasteiger partial charge in [0, 0.05) is 0 Å². The standard InChI is InChI=1S/C26H21IN2O6S/c1-33-19-8-6-18(7-9-19)28-26-29-24(30)22(36-26)13-16-11-20(27)23(21(12-16)34-2)35-14-15-4-3-5-17(10-15)25(31)32/h3-13H,14H2,1-2H3,(H,31,32)(H,28,29,30)/b22-13+. The molecule has 1 saturated heterocycles. The average molecular weight is 616 g/mol. The summed E-state index contributed by atoms with van der Waals surface area (Å²) in [6.07, 6.45) is 1.77. The van der Waals surface area contributed by atoms with Gasteiger partial charge in [0.2, 0.25) is 0 Å². The Morgan fingerprint density at radius 1 is 1.11 bits per heavy atom. The molecule has 1 fully saturated rings. The van der Waals surface area contributed by atoms with Gasteiger partial charge in [-0.2, -0.15) is 0 Å². The third kappa shape index (κ3) is 6.18. The number of hydrogen-bond donors (Lipinski definition) is 2. The highest BCUT2D eigenvalue weighted by molar-refractivity contribution is 14.1. The maximum atomic E-state index is 12.5. The summed E-state index contributed by atoms with van der Waals surface area (Å²) in [5.74, 6) is 0.532. The number of hydrogen-bond acceptors (Lipinski definition) is 7. The Labute approximate surface area is 225 Å². The van der Waals surface area contributed by atoms with Crippen molar-refractivity contribution in [1.29, 1.82) is 0 Å². The van der Waals surface area contributed by atoms with Gasteiger partial charge in [0.05, 0.1) is 33.9 Å². The minimum absolute atomic E-state index is 0.178. The molecule has 3 aromatic rings. The minimum atomic E-state index is -0.993. The van der Waals surface area contributed by atoms with E-state index in [9.17, 15) is 14.7 Å². The highest BCUT2D eigenvalue weighted by atomic mass is 127. The maximum absolute atomic E-state index is 12.5. The summed E-state index contributed by atoms with van der Waals surface area (Å²) in [5, 5.41) is 12.5. The van der Waals surface area contributed by atoms with Gasteiger partial charge >= 0.3 is 5.97 Å². The molecule has 0 saturated carbocycles. The number of carbonyl (C=O) groups excluding carboxylic acids is 1. The van der Waals surface area contributed by atoms with Crippen molar-refractivity contribution in [3.05, 3.63) is 85.8 Å². The van der Waals surface area contributed by atoms with Gasteiger partial charge in [0.1, 0.15) is 12.4 Å². The molecule has 0 radical (unpaired) electrons. The van der Waals surface area contributed by atoms with E-state index in [4.69, 9.17) is 14.2 Å². The first kappa shape index (κ1) is 25.6. The van der Waals surface area contributed by atoms with Crippen molar-refractivity contribution >= 4 is 63.2 Å². The molecule has 3 aromatic carbocycles. The number of thioether (sulfide) groups is 1. The number of nitrogens with one attached hydrogen (secondary N) is 1. The van der Waals surface area contributed by atoms with Crippen molar-refractivity contribution in [2.45, 2.75) is 6.61 Å². The lowest BCUT2D eigenvalue weighted by atomic mass is 10.1. The Hall–Kier alpha value is -3.51. The minimum Gasteiger partial charge on any atom is -0.497 e.